The summed E-state index contributed by atoms with van der Waals surface area (Å²) in [5, 5.41) is 6.91. The molecule has 0 amide bonds. The van der Waals surface area contributed by atoms with Crippen molar-refractivity contribution >= 4 is 65.6 Å². The molecule has 4 heterocycles. The van der Waals surface area contributed by atoms with Gasteiger partial charge in [-0.05, 0) is 77.9 Å². The van der Waals surface area contributed by atoms with E-state index in [1.165, 1.54) is 16.3 Å². The van der Waals surface area contributed by atoms with E-state index in [1.54, 1.807) is 0 Å². The third-order valence-corrected chi connectivity index (χ3v) is 11.3. The molecule has 0 saturated heterocycles. The molecule has 8 aromatic carbocycles. The zero-order valence-electron chi connectivity index (χ0n) is 30.7. The highest BCUT2D eigenvalue weighted by atomic mass is 16.3. The van der Waals surface area contributed by atoms with Gasteiger partial charge in [0, 0.05) is 49.1 Å². The summed E-state index contributed by atoms with van der Waals surface area (Å²) in [6.45, 7) is 0. The molecule has 57 heavy (non-hydrogen) atoms. The lowest BCUT2D eigenvalue weighted by Crippen LogP contribution is -2.04. The Bertz CT molecular complexity index is 3520. The fraction of sp³-hybridized carbons (Fsp3) is 0. The standard InChI is InChI=1S/C52H32N4O/c1-3-14-33(15-4-1)34-16-13-17-35(28-34)44-31-45(36-26-27-41-40-22-9-12-25-50(40)57-51(41)29-36)54-52(53-44)56-47-24-11-8-21-39(47)43-30-42-38-20-7-10-23-46(38)55(48(42)32-49(43)56)37-18-5-2-6-19-37/h1-32H. The SMILES string of the molecule is c1ccc(-c2cccc(-c3cc(-c4ccc5c(c4)oc4ccccc45)nc(-n4c5ccccc5c5cc6c7ccccc7n(-c7ccccc7)c6cc54)n3)c2)cc1. The number of hydrogen-bond acceptors (Lipinski definition) is 3. The summed E-state index contributed by atoms with van der Waals surface area (Å²) in [5.74, 6) is 0.602. The van der Waals surface area contributed by atoms with Crippen molar-refractivity contribution in [2.75, 3.05) is 0 Å². The summed E-state index contributed by atoms with van der Waals surface area (Å²) >= 11 is 0. The minimum absolute atomic E-state index is 0.602. The normalized spacial score (nSPS) is 11.9. The van der Waals surface area contributed by atoms with Gasteiger partial charge >= 0.3 is 0 Å². The fourth-order valence-electron chi connectivity index (χ4n) is 8.71. The molecule has 266 valence electrons. The number of para-hydroxylation sites is 4. The van der Waals surface area contributed by atoms with E-state index in [-0.39, 0.29) is 0 Å². The summed E-state index contributed by atoms with van der Waals surface area (Å²) in [5.41, 5.74) is 13.1. The fourth-order valence-corrected chi connectivity index (χ4v) is 8.71. The Morgan fingerprint density at radius 3 is 1.63 bits per heavy atom. The molecule has 12 rings (SSSR count). The Balaban J connectivity index is 1.15. The number of nitrogens with zero attached hydrogens (tertiary/aromatic N) is 4. The molecular formula is C52H32N4O. The van der Waals surface area contributed by atoms with Gasteiger partial charge in [0.25, 0.3) is 0 Å². The second kappa shape index (κ2) is 12.4. The molecule has 0 bridgehead atoms. The second-order valence-electron chi connectivity index (χ2n) is 14.6. The molecule has 0 aliphatic rings. The number of hydrogen-bond donors (Lipinski definition) is 0. The van der Waals surface area contributed by atoms with Crippen molar-refractivity contribution < 1.29 is 4.42 Å². The summed E-state index contributed by atoms with van der Waals surface area (Å²) in [4.78, 5) is 10.8. The van der Waals surface area contributed by atoms with Crippen LogP contribution in [0.25, 0.3) is 111 Å². The molecule has 0 spiro atoms. The van der Waals surface area contributed by atoms with Crippen LogP contribution in [-0.4, -0.2) is 19.1 Å². The number of aromatic nitrogens is 4. The minimum Gasteiger partial charge on any atom is -0.456 e. The van der Waals surface area contributed by atoms with Crippen molar-refractivity contribution in [3.63, 3.8) is 0 Å². The Labute approximate surface area is 327 Å². The predicted molar refractivity (Wildman–Crippen MR) is 234 cm³/mol. The van der Waals surface area contributed by atoms with Crippen LogP contribution in [0.3, 0.4) is 0 Å². The summed E-state index contributed by atoms with van der Waals surface area (Å²) in [6.07, 6.45) is 0. The highest BCUT2D eigenvalue weighted by Gasteiger charge is 2.21. The van der Waals surface area contributed by atoms with Crippen LogP contribution in [0.15, 0.2) is 199 Å². The summed E-state index contributed by atoms with van der Waals surface area (Å²) in [6, 6.07) is 68.4. The maximum atomic E-state index is 6.37. The number of rotatable bonds is 5. The quantitative estimate of drug-likeness (QED) is 0.177. The van der Waals surface area contributed by atoms with Crippen molar-refractivity contribution in [3.05, 3.63) is 194 Å². The van der Waals surface area contributed by atoms with Gasteiger partial charge < -0.3 is 8.98 Å². The van der Waals surface area contributed by atoms with Crippen molar-refractivity contribution in [2.45, 2.75) is 0 Å². The van der Waals surface area contributed by atoms with Crippen LogP contribution in [0.1, 0.15) is 0 Å². The second-order valence-corrected chi connectivity index (χ2v) is 14.6. The van der Waals surface area contributed by atoms with Crippen LogP contribution >= 0.6 is 0 Å². The zero-order chi connectivity index (χ0) is 37.5. The highest BCUT2D eigenvalue weighted by Crippen LogP contribution is 2.40. The molecule has 12 aromatic rings. The van der Waals surface area contributed by atoms with E-state index < -0.39 is 0 Å². The number of fused-ring (bicyclic) bond motifs is 9. The third kappa shape index (κ3) is 4.96. The van der Waals surface area contributed by atoms with Gasteiger partial charge in [0.05, 0.1) is 33.5 Å². The lowest BCUT2D eigenvalue weighted by atomic mass is 10.0. The average Bonchev–Trinajstić information content (AvgIpc) is 3.93. The molecule has 0 radical (unpaired) electrons. The first kappa shape index (κ1) is 31.6. The molecular weight excluding hydrogens is 697 g/mol. The van der Waals surface area contributed by atoms with Gasteiger partial charge in [0.15, 0.2) is 0 Å². The molecule has 0 atom stereocenters. The van der Waals surface area contributed by atoms with Crippen molar-refractivity contribution in [1.82, 2.24) is 19.1 Å². The van der Waals surface area contributed by atoms with Crippen LogP contribution in [0.4, 0.5) is 0 Å². The first-order valence-corrected chi connectivity index (χ1v) is 19.2. The Morgan fingerprint density at radius 1 is 0.316 bits per heavy atom. The molecule has 0 unspecified atom stereocenters. The Kier molecular flexibility index (Phi) is 6.86. The van der Waals surface area contributed by atoms with Crippen molar-refractivity contribution in [2.24, 2.45) is 0 Å². The first-order valence-electron chi connectivity index (χ1n) is 19.2. The van der Waals surface area contributed by atoms with Gasteiger partial charge in [0.2, 0.25) is 5.95 Å². The molecule has 5 nitrogen and oxygen atoms in total. The van der Waals surface area contributed by atoms with Crippen molar-refractivity contribution in [3.8, 4) is 45.3 Å². The van der Waals surface area contributed by atoms with Crippen molar-refractivity contribution in [1.29, 1.82) is 0 Å². The lowest BCUT2D eigenvalue weighted by molar-refractivity contribution is 0.669. The zero-order valence-corrected chi connectivity index (χ0v) is 30.7. The number of furan rings is 1. The van der Waals surface area contributed by atoms with E-state index >= 15 is 0 Å². The van der Waals surface area contributed by atoms with Gasteiger partial charge in [-0.1, -0.05) is 127 Å². The smallest absolute Gasteiger partial charge is 0.235 e. The van der Waals surface area contributed by atoms with Gasteiger partial charge in [0.1, 0.15) is 11.2 Å². The van der Waals surface area contributed by atoms with Crippen LogP contribution < -0.4 is 0 Å². The third-order valence-electron chi connectivity index (χ3n) is 11.3. The molecule has 4 aromatic heterocycles. The van der Waals surface area contributed by atoms with Crippen LogP contribution in [0, 0.1) is 0 Å². The molecule has 5 heteroatoms. The molecule has 0 aliphatic carbocycles. The molecule has 0 saturated carbocycles. The summed E-state index contributed by atoms with van der Waals surface area (Å²) < 4.78 is 11.0. The maximum absolute atomic E-state index is 6.37. The van der Waals surface area contributed by atoms with E-state index in [0.29, 0.717) is 5.95 Å². The van der Waals surface area contributed by atoms with Crippen LogP contribution in [-0.2, 0) is 0 Å². The molecule has 0 aliphatic heterocycles. The number of benzene rings is 8. The topological polar surface area (TPSA) is 48.8 Å². The van der Waals surface area contributed by atoms with E-state index in [2.05, 4.69) is 185 Å². The average molecular weight is 729 g/mol. The predicted octanol–water partition coefficient (Wildman–Crippen LogP) is 13.6. The largest absolute Gasteiger partial charge is 0.456 e. The highest BCUT2D eigenvalue weighted by molar-refractivity contribution is 6.19. The van der Waals surface area contributed by atoms with Gasteiger partial charge in [-0.15, -0.1) is 0 Å². The van der Waals surface area contributed by atoms with Gasteiger partial charge in [-0.2, -0.15) is 0 Å². The monoisotopic (exact) mass is 728 g/mol. The van der Waals surface area contributed by atoms with Crippen LogP contribution in [0.2, 0.25) is 0 Å². The Morgan fingerprint density at radius 2 is 0.877 bits per heavy atom. The van der Waals surface area contributed by atoms with Crippen LogP contribution in [0.5, 0.6) is 0 Å². The lowest BCUT2D eigenvalue weighted by Gasteiger charge is -2.13. The first-order chi connectivity index (χ1) is 28.2. The Hall–Kier alpha value is -7.76. The summed E-state index contributed by atoms with van der Waals surface area (Å²) in [7, 11) is 0. The van der Waals surface area contributed by atoms with Gasteiger partial charge in [-0.3, -0.25) is 4.57 Å². The van der Waals surface area contributed by atoms with E-state index in [9.17, 15) is 0 Å². The minimum atomic E-state index is 0.602. The maximum Gasteiger partial charge on any atom is 0.235 e. The van der Waals surface area contributed by atoms with E-state index in [0.717, 1.165) is 88.6 Å². The van der Waals surface area contributed by atoms with E-state index in [1.807, 2.05) is 18.2 Å². The van der Waals surface area contributed by atoms with E-state index in [4.69, 9.17) is 14.4 Å². The van der Waals surface area contributed by atoms with Gasteiger partial charge in [-0.25, -0.2) is 9.97 Å². The molecule has 0 N–H and O–H groups in total. The molecule has 0 fully saturated rings.